The lowest BCUT2D eigenvalue weighted by Gasteiger charge is -2.32. The minimum absolute atomic E-state index is 0.0981. The van der Waals surface area contributed by atoms with Gasteiger partial charge in [-0.3, -0.25) is 4.79 Å². The number of carboxylic acid groups (broad SMARTS) is 1. The molecule has 21 heavy (non-hydrogen) atoms. The zero-order valence-corrected chi connectivity index (χ0v) is 13.6. The van der Waals surface area contributed by atoms with Crippen LogP contribution < -0.4 is 5.32 Å². The van der Waals surface area contributed by atoms with Crippen molar-refractivity contribution in [2.24, 2.45) is 5.92 Å². The Balaban J connectivity index is 4.96. The molecule has 0 radical (unpaired) electrons. The molecule has 0 rings (SSSR count). The Kier molecular flexibility index (Phi) is 10.2. The summed E-state index contributed by atoms with van der Waals surface area (Å²) in [5.74, 6) is -0.599. The molecule has 6 nitrogen and oxygen atoms in total. The van der Waals surface area contributed by atoms with E-state index in [4.69, 9.17) is 9.47 Å². The minimum atomic E-state index is -1.34. The topological polar surface area (TPSA) is 84.9 Å². The molecule has 0 bridgehead atoms. The van der Waals surface area contributed by atoms with Gasteiger partial charge < -0.3 is 24.7 Å². The van der Waals surface area contributed by atoms with E-state index in [2.05, 4.69) is 19.2 Å². The Morgan fingerprint density at radius 3 is 2.24 bits per heavy atom. The summed E-state index contributed by atoms with van der Waals surface area (Å²) in [6.45, 7) is 9.14. The number of nitrogens with one attached hydrogen (secondary N) is 1. The fourth-order valence-electron chi connectivity index (χ4n) is 2.04. The standard InChI is InChI=1S/C15H29NO5/c1-5-20-13(21-6-2)11-15(8-10-17,14(18)19)16-9-7-12(3)4/h10,12-13,16H,5-9,11H2,1-4H3,(H,18,19). The van der Waals surface area contributed by atoms with Crippen LogP contribution >= 0.6 is 0 Å². The van der Waals surface area contributed by atoms with E-state index in [1.54, 1.807) is 0 Å². The minimum Gasteiger partial charge on any atom is -0.480 e. The first-order valence-corrected chi connectivity index (χ1v) is 7.57. The van der Waals surface area contributed by atoms with Gasteiger partial charge in [-0.2, -0.15) is 0 Å². The lowest BCUT2D eigenvalue weighted by atomic mass is 9.90. The Morgan fingerprint density at radius 2 is 1.86 bits per heavy atom. The van der Waals surface area contributed by atoms with E-state index in [-0.39, 0.29) is 12.8 Å². The highest BCUT2D eigenvalue weighted by Crippen LogP contribution is 2.20. The largest absolute Gasteiger partial charge is 0.480 e. The van der Waals surface area contributed by atoms with E-state index in [0.717, 1.165) is 6.42 Å². The fraction of sp³-hybridized carbons (Fsp3) is 0.867. The van der Waals surface area contributed by atoms with Crippen LogP contribution in [0.4, 0.5) is 0 Å². The number of hydrogen-bond acceptors (Lipinski definition) is 5. The van der Waals surface area contributed by atoms with Gasteiger partial charge >= 0.3 is 5.97 Å². The summed E-state index contributed by atoms with van der Waals surface area (Å²) in [4.78, 5) is 22.6. The molecule has 0 saturated carbocycles. The van der Waals surface area contributed by atoms with Crippen LogP contribution in [0.3, 0.4) is 0 Å². The van der Waals surface area contributed by atoms with Gasteiger partial charge in [0, 0.05) is 26.1 Å². The van der Waals surface area contributed by atoms with Crippen molar-refractivity contribution in [2.75, 3.05) is 19.8 Å². The summed E-state index contributed by atoms with van der Waals surface area (Å²) in [6.07, 6.45) is 0.813. The number of rotatable bonds is 13. The van der Waals surface area contributed by atoms with Gasteiger partial charge in [-0.1, -0.05) is 13.8 Å². The third-order valence-corrected chi connectivity index (χ3v) is 3.25. The van der Waals surface area contributed by atoms with Crippen LogP contribution in [0.25, 0.3) is 0 Å². The number of carbonyl (C=O) groups is 2. The molecule has 0 fully saturated rings. The normalized spacial score (nSPS) is 14.4. The van der Waals surface area contributed by atoms with Crippen LogP contribution in [0.1, 0.15) is 47.0 Å². The Bertz CT molecular complexity index is 302. The zero-order chi connectivity index (χ0) is 16.3. The molecule has 0 aliphatic heterocycles. The van der Waals surface area contributed by atoms with E-state index in [1.165, 1.54) is 0 Å². The van der Waals surface area contributed by atoms with Crippen LogP contribution in [0, 0.1) is 5.92 Å². The summed E-state index contributed by atoms with van der Waals surface area (Å²) < 4.78 is 10.8. The Hall–Kier alpha value is -0.980. The van der Waals surface area contributed by atoms with Crippen molar-refractivity contribution >= 4 is 12.3 Å². The van der Waals surface area contributed by atoms with Crippen LogP contribution in [-0.2, 0) is 19.1 Å². The van der Waals surface area contributed by atoms with Crippen molar-refractivity contribution in [3.63, 3.8) is 0 Å². The van der Waals surface area contributed by atoms with Crippen molar-refractivity contribution < 1.29 is 24.2 Å². The van der Waals surface area contributed by atoms with Gasteiger partial charge in [0.25, 0.3) is 0 Å². The Morgan fingerprint density at radius 1 is 1.29 bits per heavy atom. The first-order chi connectivity index (χ1) is 9.91. The average molecular weight is 303 g/mol. The predicted molar refractivity (Wildman–Crippen MR) is 80.2 cm³/mol. The molecule has 1 unspecified atom stereocenters. The van der Waals surface area contributed by atoms with Crippen molar-refractivity contribution in [1.82, 2.24) is 5.32 Å². The molecule has 124 valence electrons. The van der Waals surface area contributed by atoms with E-state index in [1.807, 2.05) is 13.8 Å². The maximum atomic E-state index is 11.7. The molecule has 0 aromatic rings. The molecule has 0 heterocycles. The molecular weight excluding hydrogens is 274 g/mol. The first-order valence-electron chi connectivity index (χ1n) is 7.57. The second-order valence-corrected chi connectivity index (χ2v) is 5.41. The highest BCUT2D eigenvalue weighted by atomic mass is 16.7. The summed E-state index contributed by atoms with van der Waals surface area (Å²) in [7, 11) is 0. The average Bonchev–Trinajstić information content (AvgIpc) is 2.38. The van der Waals surface area contributed by atoms with E-state index in [9.17, 15) is 14.7 Å². The third kappa shape index (κ3) is 7.55. The second kappa shape index (κ2) is 10.7. The fourth-order valence-corrected chi connectivity index (χ4v) is 2.04. The maximum Gasteiger partial charge on any atom is 0.324 e. The number of hydrogen-bond donors (Lipinski definition) is 2. The quantitative estimate of drug-likeness (QED) is 0.399. The van der Waals surface area contributed by atoms with Crippen molar-refractivity contribution in [3.8, 4) is 0 Å². The smallest absolute Gasteiger partial charge is 0.324 e. The molecule has 2 N–H and O–H groups in total. The van der Waals surface area contributed by atoms with Gasteiger partial charge in [-0.25, -0.2) is 0 Å². The van der Waals surface area contributed by atoms with Crippen molar-refractivity contribution in [3.05, 3.63) is 0 Å². The van der Waals surface area contributed by atoms with Gasteiger partial charge in [0.15, 0.2) is 6.29 Å². The highest BCUT2D eigenvalue weighted by molar-refractivity contribution is 5.82. The van der Waals surface area contributed by atoms with E-state index < -0.39 is 17.8 Å². The monoisotopic (exact) mass is 303 g/mol. The molecule has 0 spiro atoms. The summed E-state index contributed by atoms with van der Waals surface area (Å²) in [5, 5.41) is 12.6. The molecule has 0 aromatic heterocycles. The van der Waals surface area contributed by atoms with Crippen molar-refractivity contribution in [1.29, 1.82) is 0 Å². The zero-order valence-electron chi connectivity index (χ0n) is 13.6. The summed E-state index contributed by atoms with van der Waals surface area (Å²) in [5.41, 5.74) is -1.34. The summed E-state index contributed by atoms with van der Waals surface area (Å²) >= 11 is 0. The van der Waals surface area contributed by atoms with Crippen LogP contribution in [0.15, 0.2) is 0 Å². The second-order valence-electron chi connectivity index (χ2n) is 5.41. The lowest BCUT2D eigenvalue weighted by molar-refractivity contribution is -0.167. The Labute approximate surface area is 127 Å². The maximum absolute atomic E-state index is 11.7. The number of aliphatic carboxylic acids is 1. The number of aldehydes is 1. The summed E-state index contributed by atoms with van der Waals surface area (Å²) in [6, 6.07) is 0. The van der Waals surface area contributed by atoms with E-state index >= 15 is 0 Å². The number of carbonyl (C=O) groups excluding carboxylic acids is 1. The van der Waals surface area contributed by atoms with Gasteiger partial charge in [0.2, 0.25) is 0 Å². The first kappa shape index (κ1) is 20.0. The van der Waals surface area contributed by atoms with Gasteiger partial charge in [-0.05, 0) is 32.7 Å². The van der Waals surface area contributed by atoms with Crippen LogP contribution in [0.5, 0.6) is 0 Å². The van der Waals surface area contributed by atoms with Crippen LogP contribution in [0.2, 0.25) is 0 Å². The lowest BCUT2D eigenvalue weighted by Crippen LogP contribution is -2.55. The van der Waals surface area contributed by atoms with Gasteiger partial charge in [-0.15, -0.1) is 0 Å². The third-order valence-electron chi connectivity index (χ3n) is 3.25. The molecule has 0 saturated heterocycles. The van der Waals surface area contributed by atoms with Crippen molar-refractivity contribution in [2.45, 2.75) is 58.8 Å². The molecule has 0 amide bonds. The van der Waals surface area contributed by atoms with E-state index in [0.29, 0.717) is 32.0 Å². The van der Waals surface area contributed by atoms with Crippen LogP contribution in [-0.4, -0.2) is 48.9 Å². The highest BCUT2D eigenvalue weighted by Gasteiger charge is 2.40. The van der Waals surface area contributed by atoms with Gasteiger partial charge in [0.1, 0.15) is 11.8 Å². The number of carboxylic acids is 1. The molecule has 6 heteroatoms. The number of ether oxygens (including phenoxy) is 2. The molecule has 0 aromatic carbocycles. The molecule has 1 atom stereocenters. The molecule has 0 aliphatic rings. The molecular formula is C15H29NO5. The molecule has 0 aliphatic carbocycles. The van der Waals surface area contributed by atoms with Gasteiger partial charge in [0.05, 0.1) is 0 Å². The predicted octanol–water partition coefficient (Wildman–Crippen LogP) is 1.82. The SMILES string of the molecule is CCOC(CC(CC=O)(NCCC(C)C)C(=O)O)OCC.